The van der Waals surface area contributed by atoms with Crippen LogP contribution in [0.5, 0.6) is 0 Å². The summed E-state index contributed by atoms with van der Waals surface area (Å²) in [5.74, 6) is 0.213. The number of nitrogens with two attached hydrogens (primary N) is 1. The fraction of sp³-hybridized carbons (Fsp3) is 0.312. The second-order valence-corrected chi connectivity index (χ2v) is 5.38. The molecule has 0 spiro atoms. The number of amides is 3. The molecule has 1 aromatic heterocycles. The Balaban J connectivity index is 1.94. The predicted molar refractivity (Wildman–Crippen MR) is 84.6 cm³/mol. The lowest BCUT2D eigenvalue weighted by Gasteiger charge is -2.18. The normalized spacial score (nSPS) is 10.4. The van der Waals surface area contributed by atoms with Crippen LogP contribution in [0.1, 0.15) is 32.9 Å². The summed E-state index contributed by atoms with van der Waals surface area (Å²) in [5, 5.41) is 6.67. The van der Waals surface area contributed by atoms with Crippen molar-refractivity contribution < 1.29 is 14.1 Å². The standard InChI is InChI=1S/C16H20N4O3/c1-10-14(11(2)23-19-10)9-20(3)16(22)18-8-12-5-4-6-13(7-12)15(17)21/h4-7H,8-9H2,1-3H3,(H2,17,21)(H,18,22). The van der Waals surface area contributed by atoms with Crippen molar-refractivity contribution in [1.82, 2.24) is 15.4 Å². The average molecular weight is 316 g/mol. The molecule has 0 aliphatic heterocycles. The molecular weight excluding hydrogens is 296 g/mol. The second-order valence-electron chi connectivity index (χ2n) is 5.38. The Hall–Kier alpha value is -2.83. The Labute approximate surface area is 134 Å². The molecule has 0 atom stereocenters. The monoisotopic (exact) mass is 316 g/mol. The SMILES string of the molecule is Cc1noc(C)c1CN(C)C(=O)NCc1cccc(C(N)=O)c1. The van der Waals surface area contributed by atoms with Crippen LogP contribution < -0.4 is 11.1 Å². The summed E-state index contributed by atoms with van der Waals surface area (Å²) >= 11 is 0. The van der Waals surface area contributed by atoms with E-state index >= 15 is 0 Å². The molecule has 2 aromatic rings. The molecule has 1 heterocycles. The van der Waals surface area contributed by atoms with Crippen molar-refractivity contribution in [2.75, 3.05) is 7.05 Å². The topological polar surface area (TPSA) is 101 Å². The molecule has 0 bridgehead atoms. The Morgan fingerprint density at radius 2 is 2.09 bits per heavy atom. The fourth-order valence-corrected chi connectivity index (χ4v) is 2.18. The maximum absolute atomic E-state index is 12.2. The van der Waals surface area contributed by atoms with E-state index in [0.717, 1.165) is 16.8 Å². The highest BCUT2D eigenvalue weighted by atomic mass is 16.5. The van der Waals surface area contributed by atoms with Crippen LogP contribution in [0.3, 0.4) is 0 Å². The van der Waals surface area contributed by atoms with Crippen LogP contribution in [-0.4, -0.2) is 29.0 Å². The van der Waals surface area contributed by atoms with Crippen LogP contribution in [0, 0.1) is 13.8 Å². The molecule has 0 saturated carbocycles. The highest BCUT2D eigenvalue weighted by Gasteiger charge is 2.15. The predicted octanol–water partition coefficient (Wildman–Crippen LogP) is 1.73. The lowest BCUT2D eigenvalue weighted by Crippen LogP contribution is -2.36. The zero-order valence-corrected chi connectivity index (χ0v) is 13.4. The first-order chi connectivity index (χ1) is 10.9. The number of primary amides is 1. The molecule has 23 heavy (non-hydrogen) atoms. The van der Waals surface area contributed by atoms with E-state index < -0.39 is 5.91 Å². The van der Waals surface area contributed by atoms with E-state index in [9.17, 15) is 9.59 Å². The van der Waals surface area contributed by atoms with Crippen molar-refractivity contribution >= 4 is 11.9 Å². The molecule has 122 valence electrons. The lowest BCUT2D eigenvalue weighted by molar-refractivity contribution is 0.1000. The van der Waals surface area contributed by atoms with Crippen molar-refractivity contribution in [3.8, 4) is 0 Å². The van der Waals surface area contributed by atoms with Crippen molar-refractivity contribution in [2.45, 2.75) is 26.9 Å². The molecule has 0 aliphatic carbocycles. The van der Waals surface area contributed by atoms with Gasteiger partial charge in [0.1, 0.15) is 5.76 Å². The third kappa shape index (κ3) is 4.09. The molecule has 7 nitrogen and oxygen atoms in total. The van der Waals surface area contributed by atoms with Gasteiger partial charge in [0.2, 0.25) is 5.91 Å². The summed E-state index contributed by atoms with van der Waals surface area (Å²) in [6, 6.07) is 6.62. The van der Waals surface area contributed by atoms with Crippen LogP contribution in [0.4, 0.5) is 4.79 Å². The molecule has 0 radical (unpaired) electrons. The van der Waals surface area contributed by atoms with Gasteiger partial charge in [0.25, 0.3) is 0 Å². The highest BCUT2D eigenvalue weighted by Crippen LogP contribution is 2.14. The Morgan fingerprint density at radius 1 is 1.35 bits per heavy atom. The van der Waals surface area contributed by atoms with E-state index in [0.29, 0.717) is 24.4 Å². The Kier molecular flexibility index (Phi) is 5.00. The second kappa shape index (κ2) is 6.95. The molecule has 0 fully saturated rings. The summed E-state index contributed by atoms with van der Waals surface area (Å²) in [7, 11) is 1.70. The average Bonchev–Trinajstić information content (AvgIpc) is 2.84. The van der Waals surface area contributed by atoms with Crippen molar-refractivity contribution in [1.29, 1.82) is 0 Å². The van der Waals surface area contributed by atoms with Crippen LogP contribution >= 0.6 is 0 Å². The fourth-order valence-electron chi connectivity index (χ4n) is 2.18. The molecule has 0 unspecified atom stereocenters. The van der Waals surface area contributed by atoms with Crippen molar-refractivity contribution in [3.05, 3.63) is 52.4 Å². The number of nitrogens with zero attached hydrogens (tertiary/aromatic N) is 2. The van der Waals surface area contributed by atoms with Gasteiger partial charge in [-0.05, 0) is 31.5 Å². The van der Waals surface area contributed by atoms with Crippen LogP contribution in [0.15, 0.2) is 28.8 Å². The Bertz CT molecular complexity index is 704. The molecule has 3 N–H and O–H groups in total. The molecule has 1 aromatic carbocycles. The van der Waals surface area contributed by atoms with Gasteiger partial charge in [-0.1, -0.05) is 17.3 Å². The molecule has 3 amide bonds. The van der Waals surface area contributed by atoms with Crippen molar-refractivity contribution in [2.24, 2.45) is 5.73 Å². The quantitative estimate of drug-likeness (QED) is 0.877. The zero-order valence-electron chi connectivity index (χ0n) is 13.4. The van der Waals surface area contributed by atoms with Gasteiger partial charge in [-0.2, -0.15) is 0 Å². The van der Waals surface area contributed by atoms with E-state index in [4.69, 9.17) is 10.3 Å². The zero-order chi connectivity index (χ0) is 17.0. The number of urea groups is 1. The summed E-state index contributed by atoms with van der Waals surface area (Å²) in [4.78, 5) is 24.9. The lowest BCUT2D eigenvalue weighted by atomic mass is 10.1. The third-order valence-corrected chi connectivity index (χ3v) is 3.58. The van der Waals surface area contributed by atoms with Crippen LogP contribution in [-0.2, 0) is 13.1 Å². The highest BCUT2D eigenvalue weighted by molar-refractivity contribution is 5.92. The van der Waals surface area contributed by atoms with E-state index in [-0.39, 0.29) is 6.03 Å². The van der Waals surface area contributed by atoms with E-state index in [1.54, 1.807) is 30.1 Å². The number of carbonyl (C=O) groups excluding carboxylic acids is 2. The van der Waals surface area contributed by atoms with E-state index in [1.807, 2.05) is 19.9 Å². The number of aromatic nitrogens is 1. The van der Waals surface area contributed by atoms with Gasteiger partial charge in [-0.3, -0.25) is 4.79 Å². The van der Waals surface area contributed by atoms with Gasteiger partial charge in [0, 0.05) is 24.7 Å². The first-order valence-electron chi connectivity index (χ1n) is 7.18. The summed E-state index contributed by atoms with van der Waals surface area (Å²) < 4.78 is 5.09. The summed E-state index contributed by atoms with van der Waals surface area (Å²) in [6.45, 7) is 4.38. The number of carbonyl (C=O) groups is 2. The van der Waals surface area contributed by atoms with E-state index in [1.165, 1.54) is 0 Å². The number of rotatable bonds is 5. The van der Waals surface area contributed by atoms with Gasteiger partial charge in [0.15, 0.2) is 0 Å². The van der Waals surface area contributed by atoms with Gasteiger partial charge >= 0.3 is 6.03 Å². The molecule has 7 heteroatoms. The number of nitrogens with one attached hydrogen (secondary N) is 1. The van der Waals surface area contributed by atoms with Gasteiger partial charge in [-0.15, -0.1) is 0 Å². The maximum Gasteiger partial charge on any atom is 0.317 e. The number of aryl methyl sites for hydroxylation is 2. The first kappa shape index (κ1) is 16.5. The minimum atomic E-state index is -0.492. The van der Waals surface area contributed by atoms with Gasteiger partial charge < -0.3 is 20.5 Å². The van der Waals surface area contributed by atoms with E-state index in [2.05, 4.69) is 10.5 Å². The number of hydrogen-bond acceptors (Lipinski definition) is 4. The molecule has 0 aliphatic rings. The summed E-state index contributed by atoms with van der Waals surface area (Å²) in [6.07, 6.45) is 0. The first-order valence-corrected chi connectivity index (χ1v) is 7.18. The number of benzene rings is 1. The van der Waals surface area contributed by atoms with Crippen LogP contribution in [0.2, 0.25) is 0 Å². The van der Waals surface area contributed by atoms with Crippen LogP contribution in [0.25, 0.3) is 0 Å². The maximum atomic E-state index is 12.2. The largest absolute Gasteiger partial charge is 0.366 e. The number of hydrogen-bond donors (Lipinski definition) is 2. The Morgan fingerprint density at radius 3 is 2.70 bits per heavy atom. The minimum Gasteiger partial charge on any atom is -0.366 e. The van der Waals surface area contributed by atoms with Crippen molar-refractivity contribution in [3.63, 3.8) is 0 Å². The third-order valence-electron chi connectivity index (χ3n) is 3.58. The summed E-state index contributed by atoms with van der Waals surface area (Å²) in [5.41, 5.74) is 8.14. The molecule has 2 rings (SSSR count). The smallest absolute Gasteiger partial charge is 0.317 e. The van der Waals surface area contributed by atoms with Gasteiger partial charge in [-0.25, -0.2) is 4.79 Å². The van der Waals surface area contributed by atoms with Gasteiger partial charge in [0.05, 0.1) is 12.2 Å². The minimum absolute atomic E-state index is 0.227. The molecule has 0 saturated heterocycles. The molecular formula is C16H20N4O3.